The lowest BCUT2D eigenvalue weighted by Gasteiger charge is -2.41. The summed E-state index contributed by atoms with van der Waals surface area (Å²) in [5, 5.41) is 0. The van der Waals surface area contributed by atoms with E-state index in [-0.39, 0.29) is 12.8 Å². The number of rotatable bonds is 16. The minimum atomic E-state index is -8.21. The molecule has 0 aromatic rings. The average molecular weight is 556 g/mol. The molecule has 0 atom stereocenters. The summed E-state index contributed by atoms with van der Waals surface area (Å²) in [6, 6.07) is 0. The summed E-state index contributed by atoms with van der Waals surface area (Å²) < 4.78 is 196. The van der Waals surface area contributed by atoms with Gasteiger partial charge >= 0.3 is 41.7 Å². The van der Waals surface area contributed by atoms with E-state index in [1.165, 1.54) is 0 Å². The highest BCUT2D eigenvalue weighted by Gasteiger charge is 2.93. The van der Waals surface area contributed by atoms with Gasteiger partial charge in [0.25, 0.3) is 0 Å². The van der Waals surface area contributed by atoms with Gasteiger partial charge < -0.3 is 0 Å². The molecular weight excluding hydrogens is 533 g/mol. The van der Waals surface area contributed by atoms with Crippen LogP contribution in [0, 0.1) is 0 Å². The predicted molar refractivity (Wildman–Crippen MR) is 95.8 cm³/mol. The highest BCUT2D eigenvalue weighted by molar-refractivity contribution is 7.80. The van der Waals surface area contributed by atoms with Gasteiger partial charge in [-0.05, 0) is 18.6 Å². The molecule has 0 unspecified atom stereocenters. The summed E-state index contributed by atoms with van der Waals surface area (Å²) >= 11 is 4.00. The monoisotopic (exact) mass is 556 g/mol. The molecule has 0 nitrogen and oxygen atoms in total. The minimum absolute atomic E-state index is 0.149. The van der Waals surface area contributed by atoms with Crippen molar-refractivity contribution < 1.29 is 65.9 Å². The lowest BCUT2D eigenvalue weighted by molar-refractivity contribution is -0.452. The lowest BCUT2D eigenvalue weighted by atomic mass is 9.89. The summed E-state index contributed by atoms with van der Waals surface area (Å²) in [6.07, 6.45) is -6.50. The Morgan fingerprint density at radius 2 is 0.647 bits per heavy atom. The minimum Gasteiger partial charge on any atom is -0.200 e. The fraction of sp³-hybridized carbons (Fsp3) is 1.00. The van der Waals surface area contributed by atoms with E-state index in [2.05, 4.69) is 12.6 Å². The van der Waals surface area contributed by atoms with Crippen LogP contribution in [0.3, 0.4) is 0 Å². The van der Waals surface area contributed by atoms with Crippen LogP contribution in [-0.2, 0) is 0 Å². The standard InChI is InChI=1S/C18H23F15S/c19-12(20,10-8-6-4-2-1-3-5-7-9-11-34)13(21,22)14(23,24)15(25,26)16(27,28)17(29,30)18(31,32)33/h34H,1-11H2. The molecule has 206 valence electrons. The van der Waals surface area contributed by atoms with E-state index in [0.717, 1.165) is 25.7 Å². The highest BCUT2D eigenvalue weighted by Crippen LogP contribution is 2.62. The van der Waals surface area contributed by atoms with Gasteiger partial charge in [-0.1, -0.05) is 44.9 Å². The van der Waals surface area contributed by atoms with E-state index in [9.17, 15) is 65.9 Å². The van der Waals surface area contributed by atoms with Crippen molar-refractivity contribution in [3.8, 4) is 0 Å². The van der Waals surface area contributed by atoms with Crippen molar-refractivity contribution in [3.63, 3.8) is 0 Å². The number of hydrogen-bond acceptors (Lipinski definition) is 1. The van der Waals surface area contributed by atoms with E-state index in [0.29, 0.717) is 18.6 Å². The molecule has 0 aliphatic rings. The number of unbranched alkanes of at least 4 members (excludes halogenated alkanes) is 8. The van der Waals surface area contributed by atoms with Crippen LogP contribution in [0.1, 0.15) is 64.2 Å². The molecule has 0 aliphatic heterocycles. The highest BCUT2D eigenvalue weighted by atomic mass is 32.1. The zero-order chi connectivity index (χ0) is 27.3. The first-order valence-corrected chi connectivity index (χ1v) is 10.6. The molecule has 16 heteroatoms. The lowest BCUT2D eigenvalue weighted by Crippen LogP contribution is -2.72. The number of thiol groups is 1. The third-order valence-corrected chi connectivity index (χ3v) is 5.36. The third-order valence-electron chi connectivity index (χ3n) is 5.04. The van der Waals surface area contributed by atoms with E-state index in [1.54, 1.807) is 0 Å². The van der Waals surface area contributed by atoms with Gasteiger partial charge in [0.1, 0.15) is 0 Å². The van der Waals surface area contributed by atoms with Crippen molar-refractivity contribution >= 4 is 12.6 Å². The van der Waals surface area contributed by atoms with E-state index in [1.807, 2.05) is 0 Å². The molecule has 0 fully saturated rings. The van der Waals surface area contributed by atoms with Gasteiger partial charge in [0.05, 0.1) is 0 Å². The van der Waals surface area contributed by atoms with Crippen molar-refractivity contribution in [2.24, 2.45) is 0 Å². The fourth-order valence-electron chi connectivity index (χ4n) is 2.85. The quantitative estimate of drug-likeness (QED) is 0.109. The Balaban J connectivity index is 5.28. The Labute approximate surface area is 191 Å². The van der Waals surface area contributed by atoms with Gasteiger partial charge in [-0.3, -0.25) is 0 Å². The maximum absolute atomic E-state index is 13.7. The fourth-order valence-corrected chi connectivity index (χ4v) is 3.08. The van der Waals surface area contributed by atoms with Crippen molar-refractivity contribution in [1.29, 1.82) is 0 Å². The van der Waals surface area contributed by atoms with Crippen LogP contribution in [0.25, 0.3) is 0 Å². The maximum Gasteiger partial charge on any atom is 0.460 e. The molecular formula is C18H23F15S. The normalized spacial score (nSPS) is 15.2. The molecule has 0 bridgehead atoms. The number of halogens is 15. The Morgan fingerprint density at radius 1 is 0.353 bits per heavy atom. The molecule has 0 aliphatic carbocycles. The van der Waals surface area contributed by atoms with Gasteiger partial charge in [-0.15, -0.1) is 0 Å². The Hall–Kier alpha value is -0.700. The van der Waals surface area contributed by atoms with E-state index in [4.69, 9.17) is 0 Å². The second-order valence-electron chi connectivity index (χ2n) is 7.73. The van der Waals surface area contributed by atoms with Gasteiger partial charge in [-0.25, -0.2) is 0 Å². The third kappa shape index (κ3) is 6.54. The van der Waals surface area contributed by atoms with E-state index >= 15 is 0 Å². The van der Waals surface area contributed by atoms with E-state index < -0.39 is 54.6 Å². The van der Waals surface area contributed by atoms with Crippen molar-refractivity contribution in [3.05, 3.63) is 0 Å². The summed E-state index contributed by atoms with van der Waals surface area (Å²) in [5.41, 5.74) is 0. The summed E-state index contributed by atoms with van der Waals surface area (Å²) in [7, 11) is 0. The average Bonchev–Trinajstić information content (AvgIpc) is 2.67. The van der Waals surface area contributed by atoms with Gasteiger partial charge in [-0.2, -0.15) is 78.5 Å². The predicted octanol–water partition coefficient (Wildman–Crippen LogP) is 9.19. The smallest absolute Gasteiger partial charge is 0.200 e. The molecule has 0 saturated heterocycles. The van der Waals surface area contributed by atoms with Gasteiger partial charge in [0, 0.05) is 6.42 Å². The van der Waals surface area contributed by atoms with Crippen LogP contribution in [0.15, 0.2) is 0 Å². The van der Waals surface area contributed by atoms with Crippen LogP contribution in [-0.4, -0.2) is 47.5 Å². The van der Waals surface area contributed by atoms with Crippen LogP contribution in [0.4, 0.5) is 65.9 Å². The number of alkyl halides is 15. The molecule has 0 spiro atoms. The second kappa shape index (κ2) is 11.6. The first kappa shape index (κ1) is 33.3. The summed E-state index contributed by atoms with van der Waals surface area (Å²) in [6.45, 7) is 0. The molecule has 0 aromatic heterocycles. The van der Waals surface area contributed by atoms with Gasteiger partial charge in [0.15, 0.2) is 0 Å². The molecule has 0 heterocycles. The van der Waals surface area contributed by atoms with Crippen LogP contribution in [0.2, 0.25) is 0 Å². The topological polar surface area (TPSA) is 0 Å². The second-order valence-corrected chi connectivity index (χ2v) is 8.18. The first-order valence-electron chi connectivity index (χ1n) is 10.0. The molecule has 0 rings (SSSR count). The van der Waals surface area contributed by atoms with Crippen LogP contribution < -0.4 is 0 Å². The van der Waals surface area contributed by atoms with Crippen molar-refractivity contribution in [2.75, 3.05) is 5.75 Å². The molecule has 0 radical (unpaired) electrons. The largest absolute Gasteiger partial charge is 0.460 e. The molecule has 0 aromatic carbocycles. The first-order chi connectivity index (χ1) is 15.1. The van der Waals surface area contributed by atoms with Gasteiger partial charge in [0.2, 0.25) is 0 Å². The Bertz CT molecular complexity index is 613. The summed E-state index contributed by atoms with van der Waals surface area (Å²) in [4.78, 5) is 0. The molecule has 0 amide bonds. The zero-order valence-corrected chi connectivity index (χ0v) is 18.3. The molecule has 34 heavy (non-hydrogen) atoms. The van der Waals surface area contributed by atoms with Crippen LogP contribution >= 0.6 is 12.6 Å². The Kier molecular flexibility index (Phi) is 11.3. The van der Waals surface area contributed by atoms with Crippen molar-refractivity contribution in [2.45, 2.75) is 106 Å². The van der Waals surface area contributed by atoms with Crippen molar-refractivity contribution in [1.82, 2.24) is 0 Å². The SMILES string of the molecule is FC(F)(F)C(F)(F)C(F)(F)C(F)(F)C(F)(F)C(F)(F)C(F)(F)CCCCCCCCCCCS. The number of hydrogen-bond donors (Lipinski definition) is 1. The van der Waals surface area contributed by atoms with Crippen LogP contribution in [0.5, 0.6) is 0 Å². The zero-order valence-electron chi connectivity index (χ0n) is 17.4. The Morgan fingerprint density at radius 3 is 1.00 bits per heavy atom. The molecule has 0 saturated carbocycles. The summed E-state index contributed by atoms with van der Waals surface area (Å²) in [5.74, 6) is -45.1. The maximum atomic E-state index is 13.7. The molecule has 0 N–H and O–H groups in total.